The smallest absolute Gasteiger partial charge is 0.252 e. The summed E-state index contributed by atoms with van der Waals surface area (Å²) in [6.45, 7) is 3.98. The Hall–Kier alpha value is -2.20. The van der Waals surface area contributed by atoms with Crippen LogP contribution in [0.1, 0.15) is 36.5 Å². The Morgan fingerprint density at radius 3 is 2.54 bits per heavy atom. The molecule has 126 valence electrons. The summed E-state index contributed by atoms with van der Waals surface area (Å²) in [5, 5.41) is 0. The molecule has 24 heavy (non-hydrogen) atoms. The zero-order valence-corrected chi connectivity index (χ0v) is 14.1. The number of benzene rings is 1. The van der Waals surface area contributed by atoms with Gasteiger partial charge in [0, 0.05) is 32.1 Å². The molecule has 1 amide bonds. The van der Waals surface area contributed by atoms with Crippen molar-refractivity contribution in [3.63, 3.8) is 0 Å². The Balaban J connectivity index is 1.76. The molecule has 1 aliphatic heterocycles. The summed E-state index contributed by atoms with van der Waals surface area (Å²) in [4.78, 5) is 18.9. The lowest BCUT2D eigenvalue weighted by atomic mass is 10.1. The van der Waals surface area contributed by atoms with E-state index in [1.807, 2.05) is 23.2 Å². The van der Waals surface area contributed by atoms with Gasteiger partial charge < -0.3 is 9.64 Å². The van der Waals surface area contributed by atoms with Crippen molar-refractivity contribution in [3.8, 4) is 0 Å². The molecular weight excluding hydrogens is 300 g/mol. The number of aryl methyl sites for hydroxylation is 1. The molecule has 1 saturated heterocycles. The number of hydrogen-bond donors (Lipinski definition) is 0. The highest BCUT2D eigenvalue weighted by Gasteiger charge is 2.28. The second-order valence-electron chi connectivity index (χ2n) is 6.23. The Morgan fingerprint density at radius 2 is 1.92 bits per heavy atom. The molecule has 0 N–H and O–H groups in total. The van der Waals surface area contributed by atoms with Crippen LogP contribution in [0.3, 0.4) is 0 Å². The van der Waals surface area contributed by atoms with Gasteiger partial charge in [0.1, 0.15) is 6.10 Å². The Bertz CT molecular complexity index is 649. The molecule has 4 heteroatoms. The zero-order chi connectivity index (χ0) is 16.8. The lowest BCUT2D eigenvalue weighted by Crippen LogP contribution is -2.38. The van der Waals surface area contributed by atoms with Crippen molar-refractivity contribution in [1.29, 1.82) is 0 Å². The number of rotatable bonds is 6. The van der Waals surface area contributed by atoms with Gasteiger partial charge in [-0.1, -0.05) is 37.3 Å². The Kier molecular flexibility index (Phi) is 5.59. The first-order chi connectivity index (χ1) is 11.8. The van der Waals surface area contributed by atoms with E-state index in [-0.39, 0.29) is 12.0 Å². The highest BCUT2D eigenvalue weighted by molar-refractivity contribution is 5.81. The van der Waals surface area contributed by atoms with Crippen LogP contribution in [0.5, 0.6) is 0 Å². The standard InChI is InChI=1S/C20H24N2O2/c1-2-16-7-9-17(10-8-16)14-22(15-18-5-3-11-21-13-18)20(23)19-6-4-12-24-19/h3,5,7-11,13,19H,2,4,6,12,14-15H2,1H3/t19-/m0/s1. The minimum absolute atomic E-state index is 0.0796. The molecule has 4 nitrogen and oxygen atoms in total. The topological polar surface area (TPSA) is 42.4 Å². The minimum Gasteiger partial charge on any atom is -0.368 e. The molecular formula is C20H24N2O2. The maximum atomic E-state index is 12.9. The van der Waals surface area contributed by atoms with Crippen LogP contribution in [0.25, 0.3) is 0 Å². The quantitative estimate of drug-likeness (QED) is 0.818. The Morgan fingerprint density at radius 1 is 1.17 bits per heavy atom. The van der Waals surface area contributed by atoms with Crippen LogP contribution in [0.2, 0.25) is 0 Å². The van der Waals surface area contributed by atoms with Crippen LogP contribution < -0.4 is 0 Å². The fraction of sp³-hybridized carbons (Fsp3) is 0.400. The van der Waals surface area contributed by atoms with E-state index in [1.165, 1.54) is 5.56 Å². The Labute approximate surface area is 143 Å². The third-order valence-corrected chi connectivity index (χ3v) is 4.42. The third-order valence-electron chi connectivity index (χ3n) is 4.42. The van der Waals surface area contributed by atoms with Gasteiger partial charge in [-0.2, -0.15) is 0 Å². The zero-order valence-electron chi connectivity index (χ0n) is 14.1. The summed E-state index contributed by atoms with van der Waals surface area (Å²) in [5.74, 6) is 0.0796. The number of carbonyl (C=O) groups excluding carboxylic acids is 1. The van der Waals surface area contributed by atoms with Crippen molar-refractivity contribution in [1.82, 2.24) is 9.88 Å². The second-order valence-corrected chi connectivity index (χ2v) is 6.23. The van der Waals surface area contributed by atoms with E-state index in [1.54, 1.807) is 6.20 Å². The molecule has 1 aromatic heterocycles. The van der Waals surface area contributed by atoms with Gasteiger partial charge in [-0.25, -0.2) is 0 Å². The first-order valence-electron chi connectivity index (χ1n) is 8.63. The first kappa shape index (κ1) is 16.7. The number of amides is 1. The van der Waals surface area contributed by atoms with E-state index < -0.39 is 0 Å². The maximum absolute atomic E-state index is 12.9. The fourth-order valence-electron chi connectivity index (χ4n) is 3.00. The SMILES string of the molecule is CCc1ccc(CN(Cc2cccnc2)C(=O)[C@@H]2CCCO2)cc1. The molecule has 0 aliphatic carbocycles. The molecule has 3 rings (SSSR count). The molecule has 0 radical (unpaired) electrons. The highest BCUT2D eigenvalue weighted by atomic mass is 16.5. The van der Waals surface area contributed by atoms with Crippen molar-refractivity contribution < 1.29 is 9.53 Å². The van der Waals surface area contributed by atoms with Crippen molar-refractivity contribution >= 4 is 5.91 Å². The molecule has 0 spiro atoms. The molecule has 0 saturated carbocycles. The second kappa shape index (κ2) is 8.06. The van der Waals surface area contributed by atoms with Crippen LogP contribution in [0.4, 0.5) is 0 Å². The summed E-state index contributed by atoms with van der Waals surface area (Å²) in [6, 6.07) is 12.4. The number of hydrogen-bond acceptors (Lipinski definition) is 3. The molecule has 2 aromatic rings. The predicted octanol–water partition coefficient (Wildman–Crippen LogP) is 3.35. The first-order valence-corrected chi connectivity index (χ1v) is 8.63. The fourth-order valence-corrected chi connectivity index (χ4v) is 3.00. The number of nitrogens with zero attached hydrogens (tertiary/aromatic N) is 2. The molecule has 0 bridgehead atoms. The average Bonchev–Trinajstić information content (AvgIpc) is 3.17. The van der Waals surface area contributed by atoms with Crippen molar-refractivity contribution in [2.45, 2.75) is 45.4 Å². The van der Waals surface area contributed by atoms with Gasteiger partial charge in [0.15, 0.2) is 0 Å². The summed E-state index contributed by atoms with van der Waals surface area (Å²) in [6.07, 6.45) is 6.07. The van der Waals surface area contributed by atoms with Gasteiger partial charge in [0.05, 0.1) is 0 Å². The van der Waals surface area contributed by atoms with E-state index in [9.17, 15) is 4.79 Å². The summed E-state index contributed by atoms with van der Waals surface area (Å²) in [7, 11) is 0. The summed E-state index contributed by atoms with van der Waals surface area (Å²) in [5.41, 5.74) is 3.49. The van der Waals surface area contributed by atoms with Crippen LogP contribution in [-0.4, -0.2) is 28.5 Å². The maximum Gasteiger partial charge on any atom is 0.252 e. The lowest BCUT2D eigenvalue weighted by molar-refractivity contribution is -0.142. The van der Waals surface area contributed by atoms with Gasteiger partial charge in [-0.15, -0.1) is 0 Å². The highest BCUT2D eigenvalue weighted by Crippen LogP contribution is 2.18. The third kappa shape index (κ3) is 4.20. The van der Waals surface area contributed by atoms with E-state index in [0.29, 0.717) is 19.7 Å². The summed E-state index contributed by atoms with van der Waals surface area (Å²) < 4.78 is 5.60. The van der Waals surface area contributed by atoms with Crippen molar-refractivity contribution in [2.75, 3.05) is 6.61 Å². The monoisotopic (exact) mass is 324 g/mol. The van der Waals surface area contributed by atoms with Gasteiger partial charge in [0.25, 0.3) is 5.91 Å². The number of carbonyl (C=O) groups is 1. The van der Waals surface area contributed by atoms with Crippen LogP contribution in [0.15, 0.2) is 48.8 Å². The molecule has 1 fully saturated rings. The molecule has 1 aliphatic rings. The van der Waals surface area contributed by atoms with Crippen molar-refractivity contribution in [2.24, 2.45) is 0 Å². The lowest BCUT2D eigenvalue weighted by Gasteiger charge is -2.25. The average molecular weight is 324 g/mol. The van der Waals surface area contributed by atoms with Crippen LogP contribution in [0, 0.1) is 0 Å². The predicted molar refractivity (Wildman–Crippen MR) is 93.3 cm³/mol. The van der Waals surface area contributed by atoms with Crippen molar-refractivity contribution in [3.05, 3.63) is 65.5 Å². The normalized spacial score (nSPS) is 17.0. The van der Waals surface area contributed by atoms with Crippen LogP contribution >= 0.6 is 0 Å². The number of aromatic nitrogens is 1. The van der Waals surface area contributed by atoms with E-state index in [2.05, 4.69) is 36.2 Å². The summed E-state index contributed by atoms with van der Waals surface area (Å²) >= 11 is 0. The van der Waals surface area contributed by atoms with Gasteiger partial charge in [-0.3, -0.25) is 9.78 Å². The van der Waals surface area contributed by atoms with Gasteiger partial charge in [-0.05, 0) is 42.0 Å². The van der Waals surface area contributed by atoms with E-state index in [0.717, 1.165) is 30.4 Å². The largest absolute Gasteiger partial charge is 0.368 e. The molecule has 0 unspecified atom stereocenters. The number of pyridine rings is 1. The molecule has 2 heterocycles. The van der Waals surface area contributed by atoms with E-state index >= 15 is 0 Å². The van der Waals surface area contributed by atoms with Gasteiger partial charge >= 0.3 is 0 Å². The van der Waals surface area contributed by atoms with Gasteiger partial charge in [0.2, 0.25) is 0 Å². The van der Waals surface area contributed by atoms with E-state index in [4.69, 9.17) is 4.74 Å². The van der Waals surface area contributed by atoms with Crippen LogP contribution in [-0.2, 0) is 29.0 Å². The minimum atomic E-state index is -0.295. The molecule has 1 aromatic carbocycles. The number of ether oxygens (including phenoxy) is 1. The molecule has 1 atom stereocenters.